The minimum atomic E-state index is -0.484. The van der Waals surface area contributed by atoms with E-state index in [0.29, 0.717) is 25.3 Å². The molecule has 1 aliphatic heterocycles. The Kier molecular flexibility index (Phi) is 7.54. The summed E-state index contributed by atoms with van der Waals surface area (Å²) >= 11 is 5.78. The molecule has 4 rings (SSSR count). The molecule has 1 aliphatic rings. The molecule has 1 saturated heterocycles. The van der Waals surface area contributed by atoms with Gasteiger partial charge in [0.1, 0.15) is 11.6 Å². The molecule has 1 fully saturated rings. The van der Waals surface area contributed by atoms with E-state index in [0.717, 1.165) is 46.7 Å². The minimum Gasteiger partial charge on any atom is -0.381 e. The van der Waals surface area contributed by atoms with Crippen LogP contribution in [0, 0.1) is 25.6 Å². The van der Waals surface area contributed by atoms with Gasteiger partial charge in [-0.25, -0.2) is 4.39 Å². The molecule has 0 saturated carbocycles. The van der Waals surface area contributed by atoms with E-state index in [4.69, 9.17) is 20.9 Å². The van der Waals surface area contributed by atoms with Gasteiger partial charge in [0.05, 0.1) is 22.1 Å². The van der Waals surface area contributed by atoms with E-state index in [9.17, 15) is 9.18 Å². The highest BCUT2D eigenvalue weighted by Crippen LogP contribution is 2.34. The Balaban J connectivity index is 1.58. The van der Waals surface area contributed by atoms with Crippen molar-refractivity contribution >= 4 is 28.9 Å². The largest absolute Gasteiger partial charge is 0.381 e. The molecule has 0 bridgehead atoms. The zero-order valence-corrected chi connectivity index (χ0v) is 20.3. The van der Waals surface area contributed by atoms with E-state index in [1.165, 1.54) is 12.1 Å². The van der Waals surface area contributed by atoms with E-state index in [-0.39, 0.29) is 22.9 Å². The molecule has 0 unspecified atom stereocenters. The van der Waals surface area contributed by atoms with Gasteiger partial charge in [-0.15, -0.1) is 0 Å². The number of nitrogens with one attached hydrogen (secondary N) is 2. The maximum atomic E-state index is 13.8. The van der Waals surface area contributed by atoms with Crippen molar-refractivity contribution < 1.29 is 18.4 Å². The third kappa shape index (κ3) is 5.59. The van der Waals surface area contributed by atoms with Crippen LogP contribution in [-0.2, 0) is 16.0 Å². The van der Waals surface area contributed by atoms with E-state index >= 15 is 0 Å². The van der Waals surface area contributed by atoms with Gasteiger partial charge in [0.25, 0.3) is 0 Å². The van der Waals surface area contributed by atoms with Gasteiger partial charge in [-0.1, -0.05) is 35.8 Å². The third-order valence-electron chi connectivity index (χ3n) is 6.15. The molecule has 1 aromatic heterocycles. The summed E-state index contributed by atoms with van der Waals surface area (Å²) in [6.07, 6.45) is 2.20. The number of halogens is 2. The van der Waals surface area contributed by atoms with Crippen molar-refractivity contribution in [3.63, 3.8) is 0 Å². The SMILES string of the molecule is Cc1noc(C)c1-c1ccc(NC2CCOCC2)c(NC(=O)[C@@H](C)Cc2ccc(Cl)c(F)c2)c1. The zero-order chi connectivity index (χ0) is 24.2. The zero-order valence-electron chi connectivity index (χ0n) is 19.6. The third-order valence-corrected chi connectivity index (χ3v) is 6.46. The molecule has 180 valence electrons. The van der Waals surface area contributed by atoms with Gasteiger partial charge in [-0.3, -0.25) is 4.79 Å². The van der Waals surface area contributed by atoms with Crippen LogP contribution in [-0.4, -0.2) is 30.3 Å². The van der Waals surface area contributed by atoms with Crippen LogP contribution in [0.25, 0.3) is 11.1 Å². The molecule has 2 heterocycles. The molecule has 3 aromatic rings. The number of aryl methyl sites for hydroxylation is 2. The maximum absolute atomic E-state index is 13.8. The molecule has 6 nitrogen and oxygen atoms in total. The number of hydrogen-bond acceptors (Lipinski definition) is 5. The molecule has 2 aromatic carbocycles. The van der Waals surface area contributed by atoms with E-state index < -0.39 is 5.82 Å². The Labute approximate surface area is 203 Å². The number of nitrogens with zero attached hydrogens (tertiary/aromatic N) is 1. The second-order valence-corrected chi connectivity index (χ2v) is 9.24. The molecule has 1 atom stereocenters. The Morgan fingerprint density at radius 1 is 1.18 bits per heavy atom. The van der Waals surface area contributed by atoms with Crippen LogP contribution >= 0.6 is 11.6 Å². The number of benzene rings is 2. The van der Waals surface area contributed by atoms with Crippen LogP contribution in [0.5, 0.6) is 0 Å². The lowest BCUT2D eigenvalue weighted by Gasteiger charge is -2.26. The first-order valence-electron chi connectivity index (χ1n) is 11.5. The number of rotatable bonds is 7. The van der Waals surface area contributed by atoms with Crippen molar-refractivity contribution in [2.45, 2.75) is 46.1 Å². The highest BCUT2D eigenvalue weighted by atomic mass is 35.5. The van der Waals surface area contributed by atoms with Gasteiger partial charge in [0.15, 0.2) is 0 Å². The average Bonchev–Trinajstić information content (AvgIpc) is 3.16. The summed E-state index contributed by atoms with van der Waals surface area (Å²) in [5.74, 6) is -0.291. The Hall–Kier alpha value is -2.90. The van der Waals surface area contributed by atoms with Crippen molar-refractivity contribution in [1.82, 2.24) is 5.16 Å². The molecule has 34 heavy (non-hydrogen) atoms. The summed E-state index contributed by atoms with van der Waals surface area (Å²) in [4.78, 5) is 13.1. The summed E-state index contributed by atoms with van der Waals surface area (Å²) in [7, 11) is 0. The fourth-order valence-electron chi connectivity index (χ4n) is 4.25. The van der Waals surface area contributed by atoms with Crippen molar-refractivity contribution in [3.8, 4) is 11.1 Å². The average molecular weight is 486 g/mol. The fourth-order valence-corrected chi connectivity index (χ4v) is 4.37. The minimum absolute atomic E-state index is 0.0702. The van der Waals surface area contributed by atoms with E-state index in [1.54, 1.807) is 6.07 Å². The van der Waals surface area contributed by atoms with Crippen molar-refractivity contribution in [3.05, 3.63) is 64.3 Å². The lowest BCUT2D eigenvalue weighted by atomic mass is 9.99. The quantitative estimate of drug-likeness (QED) is 0.419. The Morgan fingerprint density at radius 3 is 2.62 bits per heavy atom. The summed E-state index contributed by atoms with van der Waals surface area (Å²) in [6, 6.07) is 10.8. The number of carbonyl (C=O) groups excluding carboxylic acids is 1. The number of hydrogen-bond donors (Lipinski definition) is 2. The molecule has 1 amide bonds. The molecule has 0 spiro atoms. The van der Waals surface area contributed by atoms with E-state index in [2.05, 4.69) is 15.8 Å². The topological polar surface area (TPSA) is 76.4 Å². The molecular weight excluding hydrogens is 457 g/mol. The summed E-state index contributed by atoms with van der Waals surface area (Å²) in [5.41, 5.74) is 4.87. The normalized spacial score (nSPS) is 15.2. The highest BCUT2D eigenvalue weighted by Gasteiger charge is 2.20. The van der Waals surface area contributed by atoms with Crippen LogP contribution in [0.1, 0.15) is 36.8 Å². The van der Waals surface area contributed by atoms with Gasteiger partial charge in [-0.2, -0.15) is 0 Å². The van der Waals surface area contributed by atoms with Crippen LogP contribution in [0.2, 0.25) is 5.02 Å². The predicted molar refractivity (Wildman–Crippen MR) is 132 cm³/mol. The number of carbonyl (C=O) groups is 1. The molecule has 2 N–H and O–H groups in total. The van der Waals surface area contributed by atoms with Gasteiger partial charge in [0.2, 0.25) is 5.91 Å². The first kappa shape index (κ1) is 24.2. The molecule has 0 aliphatic carbocycles. The van der Waals surface area contributed by atoms with Crippen molar-refractivity contribution in [2.24, 2.45) is 5.92 Å². The van der Waals surface area contributed by atoms with Gasteiger partial charge < -0.3 is 19.9 Å². The highest BCUT2D eigenvalue weighted by molar-refractivity contribution is 6.30. The first-order chi connectivity index (χ1) is 16.3. The monoisotopic (exact) mass is 485 g/mol. The standard InChI is InChI=1S/C26H29ClFN3O3/c1-15(12-18-4-6-21(27)22(28)13-18)26(32)30-24-14-19(25-16(2)31-34-17(25)3)5-7-23(24)29-20-8-10-33-11-9-20/h4-7,13-15,20,29H,8-12H2,1-3H3,(H,30,32)/t15-/m0/s1. The van der Waals surface area contributed by atoms with Gasteiger partial charge in [0, 0.05) is 30.7 Å². The maximum Gasteiger partial charge on any atom is 0.227 e. The molecule has 8 heteroatoms. The second-order valence-electron chi connectivity index (χ2n) is 8.83. The number of aromatic nitrogens is 1. The number of ether oxygens (including phenoxy) is 1. The number of amides is 1. The first-order valence-corrected chi connectivity index (χ1v) is 11.9. The lowest BCUT2D eigenvalue weighted by Crippen LogP contribution is -2.29. The molecular formula is C26H29ClFN3O3. The predicted octanol–water partition coefficient (Wildman–Crippen LogP) is 6.16. The van der Waals surface area contributed by atoms with Crippen molar-refractivity contribution in [2.75, 3.05) is 23.8 Å². The van der Waals surface area contributed by atoms with Crippen LogP contribution in [0.15, 0.2) is 40.9 Å². The van der Waals surface area contributed by atoms with Crippen LogP contribution in [0.4, 0.5) is 15.8 Å². The summed E-state index contributed by atoms with van der Waals surface area (Å²) in [6.45, 7) is 7.02. The lowest BCUT2D eigenvalue weighted by molar-refractivity contribution is -0.119. The van der Waals surface area contributed by atoms with Crippen LogP contribution < -0.4 is 10.6 Å². The van der Waals surface area contributed by atoms with Gasteiger partial charge in [-0.05, 0) is 68.5 Å². The molecule has 0 radical (unpaired) electrons. The van der Waals surface area contributed by atoms with Crippen molar-refractivity contribution in [1.29, 1.82) is 0 Å². The van der Waals surface area contributed by atoms with Crippen LogP contribution in [0.3, 0.4) is 0 Å². The smallest absolute Gasteiger partial charge is 0.227 e. The fraction of sp³-hybridized carbons (Fsp3) is 0.385. The van der Waals surface area contributed by atoms with E-state index in [1.807, 2.05) is 39.0 Å². The summed E-state index contributed by atoms with van der Waals surface area (Å²) in [5, 5.41) is 10.8. The summed E-state index contributed by atoms with van der Waals surface area (Å²) < 4.78 is 24.6. The number of anilines is 2. The second kappa shape index (κ2) is 10.6. The Morgan fingerprint density at radius 2 is 1.94 bits per heavy atom. The Bertz CT molecular complexity index is 1150. The van der Waals surface area contributed by atoms with Gasteiger partial charge >= 0.3 is 0 Å².